The first-order chi connectivity index (χ1) is 12.4. The topological polar surface area (TPSA) is 72.7 Å². The molecule has 6 heteroatoms. The van der Waals surface area contributed by atoms with E-state index in [9.17, 15) is 14.9 Å². The standard InChI is InChI=1S/C20H20N2O4/c1-15(2)20(23)26-14-21(3)18-10-6-16(7-11-18)4-5-17-8-12-19(13-9-17)22(24)25/h4-13H,1,14H2,2-3H3/b5-4+. The van der Waals surface area contributed by atoms with Crippen LogP contribution < -0.4 is 4.90 Å². The minimum atomic E-state index is -0.420. The van der Waals surface area contributed by atoms with E-state index in [1.54, 1.807) is 19.1 Å². The van der Waals surface area contributed by atoms with Crippen LogP contribution in [0.1, 0.15) is 18.1 Å². The number of rotatable bonds is 7. The van der Waals surface area contributed by atoms with Crippen LogP contribution in [-0.2, 0) is 9.53 Å². The zero-order valence-electron chi connectivity index (χ0n) is 14.7. The van der Waals surface area contributed by atoms with Gasteiger partial charge >= 0.3 is 5.97 Å². The minimum Gasteiger partial charge on any atom is -0.441 e. The number of ether oxygens (including phenoxy) is 1. The zero-order chi connectivity index (χ0) is 19.1. The van der Waals surface area contributed by atoms with E-state index in [4.69, 9.17) is 4.74 Å². The van der Waals surface area contributed by atoms with Gasteiger partial charge < -0.3 is 9.64 Å². The summed E-state index contributed by atoms with van der Waals surface area (Å²) in [6.45, 7) is 5.29. The fourth-order valence-corrected chi connectivity index (χ4v) is 2.09. The van der Waals surface area contributed by atoms with Crippen molar-refractivity contribution in [3.05, 3.63) is 81.9 Å². The zero-order valence-corrected chi connectivity index (χ0v) is 14.7. The maximum Gasteiger partial charge on any atom is 0.334 e. The largest absolute Gasteiger partial charge is 0.441 e. The van der Waals surface area contributed by atoms with Crippen LogP contribution in [0.4, 0.5) is 11.4 Å². The highest BCUT2D eigenvalue weighted by Gasteiger charge is 2.06. The summed E-state index contributed by atoms with van der Waals surface area (Å²) in [6, 6.07) is 14.1. The number of carbonyl (C=O) groups excluding carboxylic acids is 1. The van der Waals surface area contributed by atoms with Crippen molar-refractivity contribution in [2.45, 2.75) is 6.92 Å². The Bertz CT molecular complexity index is 824. The molecule has 0 spiro atoms. The monoisotopic (exact) mass is 352 g/mol. The van der Waals surface area contributed by atoms with Gasteiger partial charge in [-0.15, -0.1) is 0 Å². The van der Waals surface area contributed by atoms with Gasteiger partial charge in [-0.1, -0.05) is 30.9 Å². The van der Waals surface area contributed by atoms with Gasteiger partial charge in [-0.25, -0.2) is 4.79 Å². The smallest absolute Gasteiger partial charge is 0.334 e. The van der Waals surface area contributed by atoms with Gasteiger partial charge in [0.2, 0.25) is 0 Å². The quantitative estimate of drug-likeness (QED) is 0.186. The molecule has 6 nitrogen and oxygen atoms in total. The third-order valence-electron chi connectivity index (χ3n) is 3.64. The Morgan fingerprint density at radius 2 is 1.62 bits per heavy atom. The molecule has 2 aromatic rings. The van der Waals surface area contributed by atoms with Crippen molar-refractivity contribution in [3.8, 4) is 0 Å². The molecule has 0 amide bonds. The maximum absolute atomic E-state index is 11.4. The van der Waals surface area contributed by atoms with Gasteiger partial charge in [0.1, 0.15) is 0 Å². The molecule has 0 radical (unpaired) electrons. The fourth-order valence-electron chi connectivity index (χ4n) is 2.09. The second-order valence-electron chi connectivity index (χ2n) is 5.81. The van der Waals surface area contributed by atoms with E-state index in [0.717, 1.165) is 16.8 Å². The number of nitro benzene ring substituents is 1. The van der Waals surface area contributed by atoms with Gasteiger partial charge in [0, 0.05) is 30.4 Å². The Hall–Kier alpha value is -3.41. The van der Waals surface area contributed by atoms with Crippen LogP contribution in [0.2, 0.25) is 0 Å². The van der Waals surface area contributed by atoms with Gasteiger partial charge in [-0.2, -0.15) is 0 Å². The van der Waals surface area contributed by atoms with Crippen molar-refractivity contribution in [2.75, 3.05) is 18.7 Å². The molecular weight excluding hydrogens is 332 g/mol. The van der Waals surface area contributed by atoms with E-state index >= 15 is 0 Å². The van der Waals surface area contributed by atoms with Crippen LogP contribution in [0, 0.1) is 10.1 Å². The Morgan fingerprint density at radius 3 is 2.08 bits per heavy atom. The lowest BCUT2D eigenvalue weighted by atomic mass is 10.1. The number of anilines is 1. The molecule has 0 fully saturated rings. The second-order valence-corrected chi connectivity index (χ2v) is 5.81. The first-order valence-electron chi connectivity index (χ1n) is 7.93. The maximum atomic E-state index is 11.4. The Labute approximate surface area is 152 Å². The molecule has 0 aliphatic rings. The third-order valence-corrected chi connectivity index (χ3v) is 3.64. The summed E-state index contributed by atoms with van der Waals surface area (Å²) in [7, 11) is 1.83. The summed E-state index contributed by atoms with van der Waals surface area (Å²) in [4.78, 5) is 23.5. The molecule has 0 N–H and O–H groups in total. The molecule has 0 saturated carbocycles. The summed E-state index contributed by atoms with van der Waals surface area (Å²) in [5.74, 6) is -0.417. The highest BCUT2D eigenvalue weighted by atomic mass is 16.6. The lowest BCUT2D eigenvalue weighted by Gasteiger charge is -2.19. The van der Waals surface area contributed by atoms with Gasteiger partial charge in [0.15, 0.2) is 6.73 Å². The van der Waals surface area contributed by atoms with Crippen molar-refractivity contribution in [1.29, 1.82) is 0 Å². The SMILES string of the molecule is C=C(C)C(=O)OCN(C)c1ccc(/C=C/c2ccc([N+](=O)[O-])cc2)cc1. The van der Waals surface area contributed by atoms with Crippen molar-refractivity contribution in [1.82, 2.24) is 0 Å². The first-order valence-corrected chi connectivity index (χ1v) is 7.93. The second kappa shape index (κ2) is 8.62. The lowest BCUT2D eigenvalue weighted by molar-refractivity contribution is -0.384. The van der Waals surface area contributed by atoms with E-state index in [1.165, 1.54) is 12.1 Å². The molecule has 0 aromatic heterocycles. The minimum absolute atomic E-state index is 0.0712. The average molecular weight is 352 g/mol. The van der Waals surface area contributed by atoms with E-state index in [2.05, 4.69) is 6.58 Å². The molecule has 0 atom stereocenters. The molecule has 0 aliphatic carbocycles. The van der Waals surface area contributed by atoms with Gasteiger partial charge in [-0.3, -0.25) is 10.1 Å². The summed E-state index contributed by atoms with van der Waals surface area (Å²) in [5, 5.41) is 10.6. The molecule has 0 aliphatic heterocycles. The average Bonchev–Trinajstić information content (AvgIpc) is 2.64. The number of esters is 1. The molecule has 2 rings (SSSR count). The summed E-state index contributed by atoms with van der Waals surface area (Å²) < 4.78 is 5.11. The number of carbonyl (C=O) groups is 1. The van der Waals surface area contributed by atoms with Crippen molar-refractivity contribution in [3.63, 3.8) is 0 Å². The van der Waals surface area contributed by atoms with Gasteiger partial charge in [0.25, 0.3) is 5.69 Å². The van der Waals surface area contributed by atoms with Crippen LogP contribution in [-0.4, -0.2) is 24.7 Å². The van der Waals surface area contributed by atoms with E-state index in [0.29, 0.717) is 5.57 Å². The van der Waals surface area contributed by atoms with E-state index < -0.39 is 10.9 Å². The van der Waals surface area contributed by atoms with Gasteiger partial charge in [0.05, 0.1) is 4.92 Å². The van der Waals surface area contributed by atoms with Crippen molar-refractivity contribution >= 4 is 29.5 Å². The van der Waals surface area contributed by atoms with E-state index in [-0.39, 0.29) is 12.4 Å². The molecular formula is C20H20N2O4. The fraction of sp³-hybridized carbons (Fsp3) is 0.150. The number of nitro groups is 1. The first kappa shape index (κ1) is 18.9. The Kier molecular flexibility index (Phi) is 6.27. The molecule has 0 bridgehead atoms. The predicted octanol–water partition coefficient (Wildman–Crippen LogP) is 4.28. The van der Waals surface area contributed by atoms with Crippen molar-refractivity contribution in [2.24, 2.45) is 0 Å². The van der Waals surface area contributed by atoms with Crippen LogP contribution in [0.3, 0.4) is 0 Å². The van der Waals surface area contributed by atoms with Crippen LogP contribution in [0.25, 0.3) is 12.2 Å². The number of benzene rings is 2. The lowest BCUT2D eigenvalue weighted by Crippen LogP contribution is -2.23. The Balaban J connectivity index is 1.97. The molecule has 2 aromatic carbocycles. The normalized spacial score (nSPS) is 10.5. The van der Waals surface area contributed by atoms with Gasteiger partial charge in [-0.05, 0) is 42.3 Å². The predicted molar refractivity (Wildman–Crippen MR) is 103 cm³/mol. The molecule has 26 heavy (non-hydrogen) atoms. The number of hydrogen-bond donors (Lipinski definition) is 0. The number of nitrogens with zero attached hydrogens (tertiary/aromatic N) is 2. The summed E-state index contributed by atoms with van der Waals surface area (Å²) >= 11 is 0. The molecule has 0 heterocycles. The summed E-state index contributed by atoms with van der Waals surface area (Å²) in [6.07, 6.45) is 3.81. The van der Waals surface area contributed by atoms with E-state index in [1.807, 2.05) is 48.4 Å². The third kappa shape index (κ3) is 5.31. The van der Waals surface area contributed by atoms with Crippen molar-refractivity contribution < 1.29 is 14.5 Å². The Morgan fingerprint density at radius 1 is 1.12 bits per heavy atom. The molecule has 134 valence electrons. The number of non-ortho nitro benzene ring substituents is 1. The van der Waals surface area contributed by atoms with Crippen LogP contribution >= 0.6 is 0 Å². The van der Waals surface area contributed by atoms with Crippen LogP contribution in [0.15, 0.2) is 60.7 Å². The highest BCUT2D eigenvalue weighted by molar-refractivity contribution is 5.87. The molecule has 0 unspecified atom stereocenters. The summed E-state index contributed by atoms with van der Waals surface area (Å²) in [5.41, 5.74) is 3.21. The molecule has 0 saturated heterocycles. The van der Waals surface area contributed by atoms with Crippen LogP contribution in [0.5, 0.6) is 0 Å². The number of hydrogen-bond acceptors (Lipinski definition) is 5. The highest BCUT2D eigenvalue weighted by Crippen LogP contribution is 2.17.